The number of hydrogen-bond donors (Lipinski definition) is 0. The van der Waals surface area contributed by atoms with Crippen LogP contribution in [-0.4, -0.2) is 12.4 Å². The van der Waals surface area contributed by atoms with Gasteiger partial charge >= 0.3 is 0 Å². The largest absolute Gasteiger partial charge is 0.487 e. The summed E-state index contributed by atoms with van der Waals surface area (Å²) in [6, 6.07) is 2.58. The topological polar surface area (TPSA) is 26.3 Å². The summed E-state index contributed by atoms with van der Waals surface area (Å²) in [4.78, 5) is 10.8. The second-order valence-corrected chi connectivity index (χ2v) is 4.38. The van der Waals surface area contributed by atoms with Crippen molar-refractivity contribution in [3.8, 4) is 5.75 Å². The summed E-state index contributed by atoms with van der Waals surface area (Å²) in [5.41, 5.74) is 0.178. The van der Waals surface area contributed by atoms with Crippen LogP contribution in [0.1, 0.15) is 36.0 Å². The van der Waals surface area contributed by atoms with E-state index < -0.39 is 5.82 Å². The lowest BCUT2D eigenvalue weighted by Crippen LogP contribution is -2.13. The first-order chi connectivity index (χ1) is 7.70. The monoisotopic (exact) mass is 242 g/mol. The van der Waals surface area contributed by atoms with Gasteiger partial charge in [-0.2, -0.15) is 0 Å². The molecule has 16 heavy (non-hydrogen) atoms. The van der Waals surface area contributed by atoms with Gasteiger partial charge in [0.2, 0.25) is 0 Å². The maximum Gasteiger partial charge on any atom is 0.167 e. The Morgan fingerprint density at radius 1 is 1.38 bits per heavy atom. The van der Waals surface area contributed by atoms with Crippen molar-refractivity contribution in [2.24, 2.45) is 0 Å². The van der Waals surface area contributed by atoms with Gasteiger partial charge in [-0.3, -0.25) is 4.79 Å². The lowest BCUT2D eigenvalue weighted by molar-refractivity contribution is 0.111. The molecule has 1 saturated carbocycles. The Hall–Kier alpha value is -1.09. The van der Waals surface area contributed by atoms with E-state index in [2.05, 4.69) is 0 Å². The average Bonchev–Trinajstić information content (AvgIpc) is 2.74. The number of aldehydes is 1. The minimum absolute atomic E-state index is 0.0226. The van der Waals surface area contributed by atoms with E-state index >= 15 is 0 Å². The predicted molar refractivity (Wildman–Crippen MR) is 59.7 cm³/mol. The van der Waals surface area contributed by atoms with Crippen molar-refractivity contribution in [2.75, 3.05) is 0 Å². The highest BCUT2D eigenvalue weighted by atomic mass is 35.5. The van der Waals surface area contributed by atoms with Crippen molar-refractivity contribution in [1.29, 1.82) is 0 Å². The van der Waals surface area contributed by atoms with Crippen molar-refractivity contribution >= 4 is 17.9 Å². The van der Waals surface area contributed by atoms with Crippen LogP contribution in [0.3, 0.4) is 0 Å². The van der Waals surface area contributed by atoms with Crippen molar-refractivity contribution in [3.63, 3.8) is 0 Å². The Morgan fingerprint density at radius 3 is 2.69 bits per heavy atom. The van der Waals surface area contributed by atoms with Crippen molar-refractivity contribution in [2.45, 2.75) is 31.8 Å². The third kappa shape index (κ3) is 2.35. The van der Waals surface area contributed by atoms with E-state index in [-0.39, 0.29) is 22.4 Å². The van der Waals surface area contributed by atoms with Crippen LogP contribution in [-0.2, 0) is 0 Å². The van der Waals surface area contributed by atoms with Crippen molar-refractivity contribution in [3.05, 3.63) is 28.5 Å². The quantitative estimate of drug-likeness (QED) is 0.757. The molecule has 0 saturated heterocycles. The van der Waals surface area contributed by atoms with Gasteiger partial charge < -0.3 is 4.74 Å². The molecule has 1 aliphatic rings. The highest BCUT2D eigenvalue weighted by molar-refractivity contribution is 6.30. The molecule has 1 aromatic carbocycles. The zero-order chi connectivity index (χ0) is 11.5. The Balaban J connectivity index is 2.27. The zero-order valence-electron chi connectivity index (χ0n) is 8.71. The highest BCUT2D eigenvalue weighted by Gasteiger charge is 2.20. The van der Waals surface area contributed by atoms with E-state index in [1.165, 1.54) is 12.1 Å². The van der Waals surface area contributed by atoms with Crippen LogP contribution in [0, 0.1) is 5.82 Å². The van der Waals surface area contributed by atoms with E-state index in [9.17, 15) is 9.18 Å². The van der Waals surface area contributed by atoms with Crippen LogP contribution >= 0.6 is 11.6 Å². The number of halogens is 2. The van der Waals surface area contributed by atoms with Crippen LogP contribution in [0.5, 0.6) is 5.75 Å². The normalized spacial score (nSPS) is 16.4. The summed E-state index contributed by atoms with van der Waals surface area (Å²) < 4.78 is 19.1. The molecule has 1 fully saturated rings. The predicted octanol–water partition coefficient (Wildman–Crippen LogP) is 3.61. The molecule has 4 heteroatoms. The molecule has 0 unspecified atom stereocenters. The van der Waals surface area contributed by atoms with Crippen molar-refractivity contribution in [1.82, 2.24) is 0 Å². The lowest BCUT2D eigenvalue weighted by Gasteiger charge is -2.15. The number of benzene rings is 1. The number of hydrogen-bond acceptors (Lipinski definition) is 2. The van der Waals surface area contributed by atoms with Crippen LogP contribution in [0.2, 0.25) is 5.02 Å². The second kappa shape index (κ2) is 4.83. The summed E-state index contributed by atoms with van der Waals surface area (Å²) in [5.74, 6) is -0.534. The van der Waals surface area contributed by atoms with E-state index in [4.69, 9.17) is 16.3 Å². The van der Waals surface area contributed by atoms with Gasteiger partial charge in [-0.05, 0) is 37.8 Å². The van der Waals surface area contributed by atoms with Gasteiger partial charge in [0.15, 0.2) is 17.9 Å². The number of rotatable bonds is 3. The van der Waals surface area contributed by atoms with Gasteiger partial charge in [0.1, 0.15) is 0 Å². The summed E-state index contributed by atoms with van der Waals surface area (Å²) in [6.07, 6.45) is 4.61. The first-order valence-corrected chi connectivity index (χ1v) is 5.69. The van der Waals surface area contributed by atoms with E-state index in [0.29, 0.717) is 6.29 Å². The molecule has 0 spiro atoms. The summed E-state index contributed by atoms with van der Waals surface area (Å²) >= 11 is 5.66. The SMILES string of the molecule is O=Cc1cc(Cl)cc(F)c1OC1CCCC1. The highest BCUT2D eigenvalue weighted by Crippen LogP contribution is 2.30. The standard InChI is InChI=1S/C12H12ClFO2/c13-9-5-8(7-15)12(11(14)6-9)16-10-3-1-2-4-10/h5-7,10H,1-4H2. The van der Waals surface area contributed by atoms with Gasteiger partial charge in [0.05, 0.1) is 11.7 Å². The fourth-order valence-electron chi connectivity index (χ4n) is 1.97. The lowest BCUT2D eigenvalue weighted by atomic mass is 10.2. The smallest absolute Gasteiger partial charge is 0.167 e. The molecule has 0 aromatic heterocycles. The van der Waals surface area contributed by atoms with Crippen molar-refractivity contribution < 1.29 is 13.9 Å². The maximum atomic E-state index is 13.6. The Morgan fingerprint density at radius 2 is 2.06 bits per heavy atom. The van der Waals surface area contributed by atoms with Gasteiger partial charge in [0, 0.05) is 5.02 Å². The molecule has 86 valence electrons. The van der Waals surface area contributed by atoms with E-state index in [1.807, 2.05) is 0 Å². The third-order valence-corrected chi connectivity index (χ3v) is 2.97. The minimum Gasteiger partial charge on any atom is -0.487 e. The molecule has 0 aliphatic heterocycles. The molecule has 0 radical (unpaired) electrons. The number of carbonyl (C=O) groups excluding carboxylic acids is 1. The van der Waals surface area contributed by atoms with Gasteiger partial charge in [-0.25, -0.2) is 4.39 Å². The summed E-state index contributed by atoms with van der Waals surface area (Å²) in [7, 11) is 0. The molecule has 0 heterocycles. The summed E-state index contributed by atoms with van der Waals surface area (Å²) in [5, 5.41) is 0.207. The maximum absolute atomic E-state index is 13.6. The molecule has 2 nitrogen and oxygen atoms in total. The van der Waals surface area contributed by atoms with Gasteiger partial charge in [-0.15, -0.1) is 0 Å². The molecule has 1 aromatic rings. The molecule has 0 bridgehead atoms. The van der Waals surface area contributed by atoms with Crippen LogP contribution in [0.15, 0.2) is 12.1 Å². The first-order valence-electron chi connectivity index (χ1n) is 5.31. The average molecular weight is 243 g/mol. The first kappa shape index (κ1) is 11.4. The van der Waals surface area contributed by atoms with Gasteiger partial charge in [-0.1, -0.05) is 11.6 Å². The number of carbonyl (C=O) groups is 1. The summed E-state index contributed by atoms with van der Waals surface area (Å²) in [6.45, 7) is 0. The fraction of sp³-hybridized carbons (Fsp3) is 0.417. The molecular formula is C12H12ClFO2. The number of ether oxygens (including phenoxy) is 1. The molecular weight excluding hydrogens is 231 g/mol. The molecule has 2 rings (SSSR count). The van der Waals surface area contributed by atoms with Crippen LogP contribution in [0.25, 0.3) is 0 Å². The van der Waals surface area contributed by atoms with E-state index in [0.717, 1.165) is 25.7 Å². The zero-order valence-corrected chi connectivity index (χ0v) is 9.47. The minimum atomic E-state index is -0.568. The van der Waals surface area contributed by atoms with Crippen LogP contribution in [0.4, 0.5) is 4.39 Å². The molecule has 0 atom stereocenters. The fourth-order valence-corrected chi connectivity index (χ4v) is 2.18. The van der Waals surface area contributed by atoms with E-state index in [1.54, 1.807) is 0 Å². The second-order valence-electron chi connectivity index (χ2n) is 3.95. The van der Waals surface area contributed by atoms with Crippen LogP contribution < -0.4 is 4.74 Å². The Bertz CT molecular complexity index is 400. The Labute approximate surface area is 98.4 Å². The molecule has 0 amide bonds. The Kier molecular flexibility index (Phi) is 3.44. The van der Waals surface area contributed by atoms with Gasteiger partial charge in [0.25, 0.3) is 0 Å². The molecule has 1 aliphatic carbocycles. The molecule has 0 N–H and O–H groups in total. The third-order valence-electron chi connectivity index (χ3n) is 2.75.